The van der Waals surface area contributed by atoms with Gasteiger partial charge in [0.1, 0.15) is 5.82 Å². The van der Waals surface area contributed by atoms with Gasteiger partial charge < -0.3 is 10.4 Å². The molecule has 2 N–H and O–H groups in total. The third kappa shape index (κ3) is 3.04. The molecule has 0 radical (unpaired) electrons. The number of nitro groups is 1. The smallest absolute Gasteiger partial charge is 0.303 e. The van der Waals surface area contributed by atoms with Gasteiger partial charge in [-0.15, -0.1) is 0 Å². The van der Waals surface area contributed by atoms with Crippen LogP contribution in [-0.4, -0.2) is 27.5 Å². The summed E-state index contributed by atoms with van der Waals surface area (Å²) in [6.45, 7) is 2.11. The first-order valence-corrected chi connectivity index (χ1v) is 6.49. The number of anilines is 1. The SMILES string of the molecule is Cc1cnc(NCC2(CC(=O)O)CCC2)cc1[N+](=O)[O-]. The molecular weight excluding hydrogens is 262 g/mol. The van der Waals surface area contributed by atoms with Crippen molar-refractivity contribution in [3.63, 3.8) is 0 Å². The van der Waals surface area contributed by atoms with Crippen molar-refractivity contribution in [2.24, 2.45) is 5.41 Å². The number of aliphatic carboxylic acids is 1. The fourth-order valence-corrected chi connectivity index (χ4v) is 2.50. The number of carbonyl (C=O) groups is 1. The summed E-state index contributed by atoms with van der Waals surface area (Å²) in [7, 11) is 0. The maximum Gasteiger partial charge on any atom is 0.303 e. The highest BCUT2D eigenvalue weighted by Gasteiger charge is 2.38. The Bertz CT molecular complexity index is 540. The second kappa shape index (κ2) is 5.44. The Labute approximate surface area is 116 Å². The normalized spacial score (nSPS) is 16.2. The first kappa shape index (κ1) is 14.2. The number of hydrogen-bond donors (Lipinski definition) is 2. The molecule has 1 heterocycles. The molecule has 108 valence electrons. The molecular formula is C13H17N3O4. The standard InChI is InChI=1S/C13H17N3O4/c1-9-7-14-11(5-10(9)16(19)20)15-8-13(3-2-4-13)6-12(17)18/h5,7H,2-4,6,8H2,1H3,(H,14,15)(H,17,18). The Morgan fingerprint density at radius 3 is 2.80 bits per heavy atom. The molecule has 0 saturated heterocycles. The van der Waals surface area contributed by atoms with Gasteiger partial charge in [0, 0.05) is 18.3 Å². The van der Waals surface area contributed by atoms with Crippen LogP contribution in [0.15, 0.2) is 12.3 Å². The second-order valence-corrected chi connectivity index (χ2v) is 5.39. The van der Waals surface area contributed by atoms with Gasteiger partial charge in [0.25, 0.3) is 5.69 Å². The highest BCUT2D eigenvalue weighted by molar-refractivity contribution is 5.68. The molecule has 0 bridgehead atoms. The first-order valence-electron chi connectivity index (χ1n) is 6.49. The van der Waals surface area contributed by atoms with Crippen LogP contribution >= 0.6 is 0 Å². The molecule has 20 heavy (non-hydrogen) atoms. The van der Waals surface area contributed by atoms with E-state index in [-0.39, 0.29) is 17.5 Å². The lowest BCUT2D eigenvalue weighted by Gasteiger charge is -2.41. The largest absolute Gasteiger partial charge is 0.481 e. The zero-order valence-corrected chi connectivity index (χ0v) is 11.3. The van der Waals surface area contributed by atoms with E-state index in [1.54, 1.807) is 6.92 Å². The number of aromatic nitrogens is 1. The van der Waals surface area contributed by atoms with E-state index in [1.165, 1.54) is 12.3 Å². The summed E-state index contributed by atoms with van der Waals surface area (Å²) >= 11 is 0. The van der Waals surface area contributed by atoms with Gasteiger partial charge in [-0.25, -0.2) is 4.98 Å². The Kier molecular flexibility index (Phi) is 3.87. The van der Waals surface area contributed by atoms with E-state index in [4.69, 9.17) is 5.11 Å². The lowest BCUT2D eigenvalue weighted by atomic mass is 9.66. The fraction of sp³-hybridized carbons (Fsp3) is 0.538. The average Bonchev–Trinajstić information content (AvgIpc) is 2.33. The number of aryl methyl sites for hydroxylation is 1. The summed E-state index contributed by atoms with van der Waals surface area (Å²) in [4.78, 5) is 25.4. The molecule has 1 aliphatic carbocycles. The lowest BCUT2D eigenvalue weighted by Crippen LogP contribution is -2.38. The lowest BCUT2D eigenvalue weighted by molar-refractivity contribution is -0.385. The summed E-state index contributed by atoms with van der Waals surface area (Å²) in [5, 5.41) is 22.8. The highest BCUT2D eigenvalue weighted by Crippen LogP contribution is 2.44. The number of carboxylic acids is 1. The van der Waals surface area contributed by atoms with Crippen LogP contribution < -0.4 is 5.32 Å². The molecule has 7 heteroatoms. The second-order valence-electron chi connectivity index (χ2n) is 5.39. The molecule has 1 aromatic rings. The summed E-state index contributed by atoms with van der Waals surface area (Å²) < 4.78 is 0. The van der Waals surface area contributed by atoms with Crippen molar-refractivity contribution < 1.29 is 14.8 Å². The molecule has 2 rings (SSSR count). The van der Waals surface area contributed by atoms with Crippen LogP contribution in [0.25, 0.3) is 0 Å². The zero-order chi connectivity index (χ0) is 14.8. The third-order valence-electron chi connectivity index (χ3n) is 3.86. The van der Waals surface area contributed by atoms with Crippen molar-refractivity contribution in [3.8, 4) is 0 Å². The van der Waals surface area contributed by atoms with Crippen molar-refractivity contribution in [1.29, 1.82) is 0 Å². The van der Waals surface area contributed by atoms with E-state index in [0.29, 0.717) is 17.9 Å². The van der Waals surface area contributed by atoms with Gasteiger partial charge >= 0.3 is 5.97 Å². The van der Waals surface area contributed by atoms with Crippen molar-refractivity contribution >= 4 is 17.5 Å². The number of nitrogens with one attached hydrogen (secondary N) is 1. The minimum Gasteiger partial charge on any atom is -0.481 e. The fourth-order valence-electron chi connectivity index (χ4n) is 2.50. The molecule has 7 nitrogen and oxygen atoms in total. The van der Waals surface area contributed by atoms with Gasteiger partial charge in [-0.1, -0.05) is 6.42 Å². The van der Waals surface area contributed by atoms with Crippen molar-refractivity contribution in [2.75, 3.05) is 11.9 Å². The zero-order valence-electron chi connectivity index (χ0n) is 11.3. The average molecular weight is 279 g/mol. The molecule has 1 fully saturated rings. The number of nitrogens with zero attached hydrogens (tertiary/aromatic N) is 2. The summed E-state index contributed by atoms with van der Waals surface area (Å²) in [6.07, 6.45) is 4.32. The maximum atomic E-state index is 10.9. The number of pyridine rings is 1. The van der Waals surface area contributed by atoms with Crippen LogP contribution in [0.2, 0.25) is 0 Å². The van der Waals surface area contributed by atoms with Gasteiger partial charge in [-0.05, 0) is 25.2 Å². The summed E-state index contributed by atoms with van der Waals surface area (Å²) in [6, 6.07) is 1.39. The van der Waals surface area contributed by atoms with Gasteiger partial charge in [0.15, 0.2) is 0 Å². The summed E-state index contributed by atoms with van der Waals surface area (Å²) in [5.74, 6) is -0.395. The van der Waals surface area contributed by atoms with Gasteiger partial charge in [-0.3, -0.25) is 14.9 Å². The van der Waals surface area contributed by atoms with E-state index in [1.807, 2.05) is 0 Å². The molecule has 1 aliphatic rings. The van der Waals surface area contributed by atoms with Crippen LogP contribution in [0.1, 0.15) is 31.2 Å². The number of carboxylic acid groups (broad SMARTS) is 1. The maximum absolute atomic E-state index is 10.9. The molecule has 0 aromatic carbocycles. The van der Waals surface area contributed by atoms with E-state index >= 15 is 0 Å². The highest BCUT2D eigenvalue weighted by atomic mass is 16.6. The van der Waals surface area contributed by atoms with E-state index in [2.05, 4.69) is 10.3 Å². The monoisotopic (exact) mass is 279 g/mol. The van der Waals surface area contributed by atoms with Crippen LogP contribution in [0.4, 0.5) is 11.5 Å². The molecule has 0 amide bonds. The van der Waals surface area contributed by atoms with Crippen molar-refractivity contribution in [2.45, 2.75) is 32.6 Å². The van der Waals surface area contributed by atoms with Gasteiger partial charge in [0.2, 0.25) is 0 Å². The van der Waals surface area contributed by atoms with Crippen molar-refractivity contribution in [3.05, 3.63) is 27.9 Å². The van der Waals surface area contributed by atoms with Crippen LogP contribution in [0.5, 0.6) is 0 Å². The Balaban J connectivity index is 2.05. The number of rotatable bonds is 6. The quantitative estimate of drug-likeness (QED) is 0.611. The van der Waals surface area contributed by atoms with Crippen LogP contribution in [0.3, 0.4) is 0 Å². The molecule has 1 saturated carbocycles. The van der Waals surface area contributed by atoms with Crippen LogP contribution in [-0.2, 0) is 4.79 Å². The minimum atomic E-state index is -0.811. The molecule has 0 spiro atoms. The molecule has 1 aromatic heterocycles. The summed E-state index contributed by atoms with van der Waals surface area (Å²) in [5.41, 5.74) is 0.278. The Hall–Kier alpha value is -2.18. The molecule has 0 unspecified atom stereocenters. The van der Waals surface area contributed by atoms with E-state index in [9.17, 15) is 14.9 Å². The minimum absolute atomic E-state index is 0.0170. The third-order valence-corrected chi connectivity index (χ3v) is 3.86. The number of hydrogen-bond acceptors (Lipinski definition) is 5. The first-order chi connectivity index (χ1) is 9.42. The predicted molar refractivity (Wildman–Crippen MR) is 72.7 cm³/mol. The van der Waals surface area contributed by atoms with Gasteiger partial charge in [-0.2, -0.15) is 0 Å². The van der Waals surface area contributed by atoms with Crippen molar-refractivity contribution in [1.82, 2.24) is 4.98 Å². The topological polar surface area (TPSA) is 105 Å². The van der Waals surface area contributed by atoms with Crippen LogP contribution in [0, 0.1) is 22.5 Å². The Morgan fingerprint density at radius 1 is 1.60 bits per heavy atom. The molecule has 0 atom stereocenters. The van der Waals surface area contributed by atoms with Gasteiger partial charge in [0.05, 0.1) is 17.4 Å². The predicted octanol–water partition coefficient (Wildman–Crippen LogP) is 2.36. The van der Waals surface area contributed by atoms with E-state index in [0.717, 1.165) is 19.3 Å². The molecule has 0 aliphatic heterocycles. The van der Waals surface area contributed by atoms with E-state index < -0.39 is 10.9 Å². The Morgan fingerprint density at radius 2 is 2.30 bits per heavy atom.